The fourth-order valence-electron chi connectivity index (χ4n) is 1.74. The molecule has 3 atom stereocenters. The average molecular weight is 296 g/mol. The van der Waals surface area contributed by atoms with Gasteiger partial charge in [-0.3, -0.25) is 0 Å². The maximum Gasteiger partial charge on any atom is 0.160 e. The van der Waals surface area contributed by atoms with Crippen LogP contribution in [-0.4, -0.2) is 0 Å². The Morgan fingerprint density at radius 1 is 1.40 bits per heavy atom. The molecule has 15 heavy (non-hydrogen) atoms. The van der Waals surface area contributed by atoms with E-state index in [0.29, 0.717) is 17.4 Å². The van der Waals surface area contributed by atoms with E-state index in [1.807, 2.05) is 0 Å². The Hall–Kier alpha value is -0.150. The van der Waals surface area contributed by atoms with Gasteiger partial charge in [-0.25, -0.2) is 8.78 Å². The molecule has 1 saturated carbocycles. The highest BCUT2D eigenvalue weighted by atomic mass is 79.9. The molecular weight excluding hydrogens is 285 g/mol. The van der Waals surface area contributed by atoms with E-state index in [9.17, 15) is 8.78 Å². The molecule has 82 valence electrons. The maximum absolute atomic E-state index is 13.0. The lowest BCUT2D eigenvalue weighted by Gasteiger charge is -2.11. The van der Waals surface area contributed by atoms with Gasteiger partial charge in [0.15, 0.2) is 11.6 Å². The molecule has 0 aromatic heterocycles. The van der Waals surface area contributed by atoms with Crippen LogP contribution in [0.3, 0.4) is 0 Å². The van der Waals surface area contributed by atoms with Crippen LogP contribution in [0, 0.1) is 23.5 Å². The quantitative estimate of drug-likeness (QED) is 0.547. The summed E-state index contributed by atoms with van der Waals surface area (Å²) in [5.74, 6) is -0.634. The topological polar surface area (TPSA) is 0 Å². The molecule has 0 heterocycles. The summed E-state index contributed by atoms with van der Waals surface area (Å²) in [6.07, 6.45) is 1.10. The molecular formula is C11H10BrClF2. The molecule has 0 N–H and O–H groups in total. The molecule has 4 heteroatoms. The third kappa shape index (κ3) is 2.18. The van der Waals surface area contributed by atoms with Crippen LogP contribution in [0.5, 0.6) is 0 Å². The van der Waals surface area contributed by atoms with Crippen molar-refractivity contribution in [3.8, 4) is 0 Å². The third-order valence-electron chi connectivity index (χ3n) is 2.88. The molecule has 1 aliphatic rings. The van der Waals surface area contributed by atoms with E-state index in [1.165, 1.54) is 6.07 Å². The summed E-state index contributed by atoms with van der Waals surface area (Å²) in [5, 5.41) is 0.287. The molecule has 0 aliphatic heterocycles. The molecule has 0 amide bonds. The van der Waals surface area contributed by atoms with Crippen LogP contribution in [0.1, 0.15) is 23.7 Å². The standard InChI is InChI=1S/C11H10BrClF2/c1-5-2-6(5)11(12)7-3-9(14)10(15)4-8(7)13/h3-6,11H,2H2,1H3. The first kappa shape index (κ1) is 11.3. The van der Waals surface area contributed by atoms with E-state index in [1.54, 1.807) is 0 Å². The summed E-state index contributed by atoms with van der Waals surface area (Å²) in [6.45, 7) is 2.13. The van der Waals surface area contributed by atoms with Crippen molar-refractivity contribution >= 4 is 27.5 Å². The number of hydrogen-bond acceptors (Lipinski definition) is 0. The number of halogens is 4. The van der Waals surface area contributed by atoms with Crippen LogP contribution in [0.4, 0.5) is 8.78 Å². The highest BCUT2D eigenvalue weighted by molar-refractivity contribution is 9.09. The van der Waals surface area contributed by atoms with Crippen LogP contribution in [-0.2, 0) is 0 Å². The van der Waals surface area contributed by atoms with Crippen molar-refractivity contribution in [2.75, 3.05) is 0 Å². The molecule has 0 radical (unpaired) electrons. The minimum Gasteiger partial charge on any atom is -0.204 e. The highest BCUT2D eigenvalue weighted by Crippen LogP contribution is 2.52. The zero-order valence-corrected chi connectivity index (χ0v) is 10.4. The molecule has 0 saturated heterocycles. The second-order valence-electron chi connectivity index (χ2n) is 4.07. The first-order chi connectivity index (χ1) is 7.00. The Labute approximate surface area is 101 Å². The van der Waals surface area contributed by atoms with Gasteiger partial charge in [-0.15, -0.1) is 0 Å². The fourth-order valence-corrected chi connectivity index (χ4v) is 3.25. The minimum absolute atomic E-state index is 0.0232. The van der Waals surface area contributed by atoms with Crippen molar-refractivity contribution in [3.63, 3.8) is 0 Å². The number of benzene rings is 1. The second kappa shape index (κ2) is 4.02. The van der Waals surface area contributed by atoms with Gasteiger partial charge in [0, 0.05) is 9.85 Å². The summed E-state index contributed by atoms with van der Waals surface area (Å²) in [4.78, 5) is 0.0232. The van der Waals surface area contributed by atoms with Crippen molar-refractivity contribution in [3.05, 3.63) is 34.4 Å². The van der Waals surface area contributed by atoms with Crippen LogP contribution in [0.2, 0.25) is 5.02 Å². The molecule has 3 unspecified atom stereocenters. The normalized spacial score (nSPS) is 26.5. The van der Waals surface area contributed by atoms with Crippen LogP contribution < -0.4 is 0 Å². The molecule has 2 rings (SSSR count). The van der Waals surface area contributed by atoms with Gasteiger partial charge in [0.05, 0.1) is 0 Å². The Bertz CT molecular complexity index is 394. The monoisotopic (exact) mass is 294 g/mol. The molecule has 1 aromatic carbocycles. The van der Waals surface area contributed by atoms with Crippen LogP contribution in [0.15, 0.2) is 12.1 Å². The molecule has 0 nitrogen and oxygen atoms in total. The van der Waals surface area contributed by atoms with Crippen molar-refractivity contribution < 1.29 is 8.78 Å². The van der Waals surface area contributed by atoms with E-state index < -0.39 is 11.6 Å². The summed E-state index contributed by atoms with van der Waals surface area (Å²) in [6, 6.07) is 2.22. The summed E-state index contributed by atoms with van der Waals surface area (Å²) in [7, 11) is 0. The third-order valence-corrected chi connectivity index (χ3v) is 4.38. The van der Waals surface area contributed by atoms with Gasteiger partial charge in [-0.05, 0) is 36.0 Å². The summed E-state index contributed by atoms with van der Waals surface area (Å²) >= 11 is 9.37. The Morgan fingerprint density at radius 2 is 1.93 bits per heavy atom. The lowest BCUT2D eigenvalue weighted by Crippen LogP contribution is -1.97. The number of rotatable bonds is 2. The van der Waals surface area contributed by atoms with Gasteiger partial charge in [0.2, 0.25) is 0 Å². The van der Waals surface area contributed by atoms with E-state index >= 15 is 0 Å². The number of hydrogen-bond donors (Lipinski definition) is 0. The Balaban J connectivity index is 2.31. The first-order valence-electron chi connectivity index (χ1n) is 4.79. The summed E-state index contributed by atoms with van der Waals surface area (Å²) < 4.78 is 25.9. The van der Waals surface area contributed by atoms with E-state index in [2.05, 4.69) is 22.9 Å². The lowest BCUT2D eigenvalue weighted by molar-refractivity contribution is 0.506. The van der Waals surface area contributed by atoms with Gasteiger partial charge in [-0.1, -0.05) is 34.5 Å². The molecule has 1 aliphatic carbocycles. The highest BCUT2D eigenvalue weighted by Gasteiger charge is 2.39. The Morgan fingerprint density at radius 3 is 2.47 bits per heavy atom. The van der Waals surface area contributed by atoms with Crippen molar-refractivity contribution in [1.82, 2.24) is 0 Å². The lowest BCUT2D eigenvalue weighted by atomic mass is 10.1. The van der Waals surface area contributed by atoms with Crippen LogP contribution >= 0.6 is 27.5 Å². The first-order valence-corrected chi connectivity index (χ1v) is 6.08. The molecule has 0 bridgehead atoms. The van der Waals surface area contributed by atoms with Crippen molar-refractivity contribution in [2.24, 2.45) is 11.8 Å². The van der Waals surface area contributed by atoms with Gasteiger partial charge >= 0.3 is 0 Å². The SMILES string of the molecule is CC1CC1C(Br)c1cc(F)c(F)cc1Cl. The zero-order chi connectivity index (χ0) is 11.2. The predicted molar refractivity (Wildman–Crippen MR) is 60.3 cm³/mol. The largest absolute Gasteiger partial charge is 0.204 e. The molecule has 0 spiro atoms. The second-order valence-corrected chi connectivity index (χ2v) is 5.46. The summed E-state index contributed by atoms with van der Waals surface area (Å²) in [5.41, 5.74) is 0.643. The number of alkyl halides is 1. The Kier molecular flexibility index (Phi) is 3.04. The fraction of sp³-hybridized carbons (Fsp3) is 0.455. The molecule has 1 fully saturated rings. The van der Waals surface area contributed by atoms with E-state index in [0.717, 1.165) is 12.5 Å². The predicted octanol–water partition coefficient (Wildman–Crippen LogP) is 4.71. The van der Waals surface area contributed by atoms with E-state index in [-0.39, 0.29) is 9.85 Å². The molecule has 1 aromatic rings. The van der Waals surface area contributed by atoms with Gasteiger partial charge in [-0.2, -0.15) is 0 Å². The van der Waals surface area contributed by atoms with E-state index in [4.69, 9.17) is 11.6 Å². The van der Waals surface area contributed by atoms with Crippen molar-refractivity contribution in [1.29, 1.82) is 0 Å². The minimum atomic E-state index is -0.896. The average Bonchev–Trinajstić information content (AvgIpc) is 2.88. The van der Waals surface area contributed by atoms with Gasteiger partial charge in [0.1, 0.15) is 0 Å². The zero-order valence-electron chi connectivity index (χ0n) is 8.11. The van der Waals surface area contributed by atoms with Crippen LogP contribution in [0.25, 0.3) is 0 Å². The van der Waals surface area contributed by atoms with Crippen molar-refractivity contribution in [2.45, 2.75) is 18.2 Å². The van der Waals surface area contributed by atoms with Gasteiger partial charge < -0.3 is 0 Å². The maximum atomic E-state index is 13.0. The smallest absolute Gasteiger partial charge is 0.160 e. The van der Waals surface area contributed by atoms with Gasteiger partial charge in [0.25, 0.3) is 0 Å².